The van der Waals surface area contributed by atoms with Gasteiger partial charge >= 0.3 is 18.0 Å². The maximum atomic E-state index is 13.3. The number of hydrogen-bond donors (Lipinski definition) is 1. The molecule has 1 saturated heterocycles. The SMILES string of the molecule is CC(C)(C)OC(=O)N[C@H]1C[C@@H](C(F)(F)F)CN(c2sncc2[N+](=O)[O-])C1. The van der Waals surface area contributed by atoms with Gasteiger partial charge in [-0.25, -0.2) is 4.79 Å². The highest BCUT2D eigenvalue weighted by Gasteiger charge is 2.46. The van der Waals surface area contributed by atoms with Gasteiger partial charge in [-0.2, -0.15) is 17.5 Å². The van der Waals surface area contributed by atoms with Crippen LogP contribution < -0.4 is 10.2 Å². The van der Waals surface area contributed by atoms with Crippen LogP contribution in [0.3, 0.4) is 0 Å². The van der Waals surface area contributed by atoms with E-state index in [4.69, 9.17) is 4.74 Å². The number of carbonyl (C=O) groups is 1. The molecule has 8 nitrogen and oxygen atoms in total. The van der Waals surface area contributed by atoms with E-state index in [1.807, 2.05) is 0 Å². The Morgan fingerprint density at radius 1 is 1.42 bits per heavy atom. The first kappa shape index (κ1) is 20.2. The van der Waals surface area contributed by atoms with E-state index in [0.29, 0.717) is 0 Å². The molecule has 1 fully saturated rings. The first-order valence-corrected chi connectivity index (χ1v) is 8.54. The molecule has 26 heavy (non-hydrogen) atoms. The van der Waals surface area contributed by atoms with E-state index in [0.717, 1.165) is 17.7 Å². The minimum absolute atomic E-state index is 0.00510. The molecule has 0 unspecified atom stereocenters. The quantitative estimate of drug-likeness (QED) is 0.622. The molecule has 12 heteroatoms. The number of amides is 1. The molecule has 0 spiro atoms. The smallest absolute Gasteiger partial charge is 0.407 e. The number of piperidine rings is 1. The zero-order valence-electron chi connectivity index (χ0n) is 14.4. The summed E-state index contributed by atoms with van der Waals surface area (Å²) in [6, 6.07) is -0.869. The van der Waals surface area contributed by atoms with Crippen molar-refractivity contribution in [3.05, 3.63) is 16.3 Å². The Bertz CT molecular complexity index is 674. The Hall–Kier alpha value is -2.11. The zero-order chi connectivity index (χ0) is 19.7. The average Bonchev–Trinajstić information content (AvgIpc) is 2.93. The topological polar surface area (TPSA) is 97.6 Å². The number of alkyl halides is 3. The van der Waals surface area contributed by atoms with Crippen molar-refractivity contribution >= 4 is 28.3 Å². The largest absolute Gasteiger partial charge is 0.444 e. The van der Waals surface area contributed by atoms with Gasteiger partial charge in [0.25, 0.3) is 0 Å². The summed E-state index contributed by atoms with van der Waals surface area (Å²) in [5.74, 6) is -1.74. The second kappa shape index (κ2) is 7.25. The van der Waals surface area contributed by atoms with Crippen molar-refractivity contribution < 1.29 is 27.6 Å². The summed E-state index contributed by atoms with van der Waals surface area (Å²) in [4.78, 5) is 23.5. The van der Waals surface area contributed by atoms with Gasteiger partial charge in [0.1, 0.15) is 11.8 Å². The van der Waals surface area contributed by atoms with E-state index in [-0.39, 0.29) is 23.7 Å². The summed E-state index contributed by atoms with van der Waals surface area (Å²) < 4.78 is 48.6. The van der Waals surface area contributed by atoms with Crippen LogP contribution >= 0.6 is 11.5 Å². The molecule has 1 aliphatic rings. The molecule has 2 atom stereocenters. The molecule has 1 aliphatic heterocycles. The highest BCUT2D eigenvalue weighted by atomic mass is 32.1. The number of nitrogens with zero attached hydrogens (tertiary/aromatic N) is 3. The normalized spacial score (nSPS) is 21.4. The van der Waals surface area contributed by atoms with Crippen molar-refractivity contribution in [2.45, 2.75) is 45.0 Å². The van der Waals surface area contributed by atoms with E-state index < -0.39 is 41.3 Å². The molecule has 0 aliphatic carbocycles. The summed E-state index contributed by atoms with van der Waals surface area (Å²) >= 11 is 0.751. The first-order valence-electron chi connectivity index (χ1n) is 7.77. The van der Waals surface area contributed by atoms with Crippen molar-refractivity contribution in [2.24, 2.45) is 5.92 Å². The number of rotatable bonds is 3. The summed E-state index contributed by atoms with van der Waals surface area (Å²) in [7, 11) is 0. The van der Waals surface area contributed by atoms with Gasteiger partial charge in [0.2, 0.25) is 0 Å². The second-order valence-electron chi connectivity index (χ2n) is 7.00. The van der Waals surface area contributed by atoms with Crippen LogP contribution in [-0.4, -0.2) is 46.3 Å². The molecule has 1 amide bonds. The number of alkyl carbamates (subject to hydrolysis) is 1. The third-order valence-electron chi connectivity index (χ3n) is 3.65. The summed E-state index contributed by atoms with van der Waals surface area (Å²) in [6.45, 7) is 4.48. The van der Waals surface area contributed by atoms with Crippen molar-refractivity contribution in [3.63, 3.8) is 0 Å². The molecular formula is C14H19F3N4O4S. The number of carbonyl (C=O) groups excluding carboxylic acids is 1. The lowest BCUT2D eigenvalue weighted by Crippen LogP contribution is -2.54. The standard InChI is InChI=1S/C14H19F3N4O4S/c1-13(2,3)25-12(22)19-9-4-8(14(15,16)17)6-20(7-9)11-10(21(23)24)5-18-26-11/h5,8-9H,4,6-7H2,1-3H3,(H,19,22)/t8-,9+/m1/s1. The first-order chi connectivity index (χ1) is 11.9. The van der Waals surface area contributed by atoms with Gasteiger partial charge in [0.15, 0.2) is 5.00 Å². The molecule has 1 aromatic heterocycles. The van der Waals surface area contributed by atoms with Crippen LogP contribution in [0.1, 0.15) is 27.2 Å². The van der Waals surface area contributed by atoms with E-state index in [2.05, 4.69) is 9.69 Å². The third kappa shape index (κ3) is 5.19. The molecule has 0 bridgehead atoms. The summed E-state index contributed by atoms with van der Waals surface area (Å²) in [5, 5.41) is 13.5. The monoisotopic (exact) mass is 396 g/mol. The lowest BCUT2D eigenvalue weighted by atomic mass is 9.93. The van der Waals surface area contributed by atoms with E-state index in [1.54, 1.807) is 20.8 Å². The molecule has 146 valence electrons. The van der Waals surface area contributed by atoms with Crippen LogP contribution in [0.4, 0.5) is 28.7 Å². The predicted octanol–water partition coefficient (Wildman–Crippen LogP) is 3.33. The highest BCUT2D eigenvalue weighted by Crippen LogP contribution is 2.39. The van der Waals surface area contributed by atoms with Crippen LogP contribution in [0, 0.1) is 16.0 Å². The second-order valence-corrected chi connectivity index (χ2v) is 7.78. The molecule has 0 aromatic carbocycles. The molecule has 2 rings (SSSR count). The fourth-order valence-corrected chi connectivity index (χ4v) is 3.39. The van der Waals surface area contributed by atoms with Gasteiger partial charge in [-0.15, -0.1) is 0 Å². The lowest BCUT2D eigenvalue weighted by molar-refractivity contribution is -0.384. The summed E-state index contributed by atoms with van der Waals surface area (Å²) in [6.07, 6.45) is -4.64. The van der Waals surface area contributed by atoms with Gasteiger partial charge in [-0.1, -0.05) is 0 Å². The average molecular weight is 396 g/mol. The Balaban J connectivity index is 2.20. The molecule has 0 radical (unpaired) electrons. The number of nitrogens with one attached hydrogen (secondary N) is 1. The van der Waals surface area contributed by atoms with Gasteiger partial charge < -0.3 is 15.0 Å². The fourth-order valence-electron chi connectivity index (χ4n) is 2.65. The lowest BCUT2D eigenvalue weighted by Gasteiger charge is -2.38. The van der Waals surface area contributed by atoms with Gasteiger partial charge in [0.05, 0.1) is 16.9 Å². The third-order valence-corrected chi connectivity index (χ3v) is 4.50. The molecule has 1 N–H and O–H groups in total. The number of anilines is 1. The van der Waals surface area contributed by atoms with E-state index >= 15 is 0 Å². The Morgan fingerprint density at radius 2 is 2.08 bits per heavy atom. The van der Waals surface area contributed by atoms with Gasteiger partial charge in [-0.3, -0.25) is 10.1 Å². The molecular weight excluding hydrogens is 377 g/mol. The maximum Gasteiger partial charge on any atom is 0.407 e. The number of halogens is 3. The Labute approximate surface area is 151 Å². The predicted molar refractivity (Wildman–Crippen MR) is 88.3 cm³/mol. The highest BCUT2D eigenvalue weighted by molar-refractivity contribution is 7.10. The number of nitro groups is 1. The molecule has 1 aromatic rings. The maximum absolute atomic E-state index is 13.3. The number of hydrogen-bond acceptors (Lipinski definition) is 7. The van der Waals surface area contributed by atoms with Crippen LogP contribution in [0.5, 0.6) is 0 Å². The minimum Gasteiger partial charge on any atom is -0.444 e. The van der Waals surface area contributed by atoms with Crippen LogP contribution in [0.2, 0.25) is 0 Å². The van der Waals surface area contributed by atoms with Crippen molar-refractivity contribution in [3.8, 4) is 0 Å². The number of aromatic nitrogens is 1. The van der Waals surface area contributed by atoms with Gasteiger partial charge in [-0.05, 0) is 38.7 Å². The Morgan fingerprint density at radius 3 is 2.62 bits per heavy atom. The van der Waals surface area contributed by atoms with Crippen LogP contribution in [0.15, 0.2) is 6.20 Å². The van der Waals surface area contributed by atoms with E-state index in [1.165, 1.54) is 4.90 Å². The summed E-state index contributed by atoms with van der Waals surface area (Å²) in [5.41, 5.74) is -1.15. The molecule has 2 heterocycles. The Kier molecular flexibility index (Phi) is 5.64. The van der Waals surface area contributed by atoms with Crippen LogP contribution in [0.25, 0.3) is 0 Å². The van der Waals surface area contributed by atoms with Crippen LogP contribution in [-0.2, 0) is 4.74 Å². The van der Waals surface area contributed by atoms with E-state index in [9.17, 15) is 28.1 Å². The van der Waals surface area contributed by atoms with Crippen molar-refractivity contribution in [1.82, 2.24) is 9.69 Å². The fraction of sp³-hybridized carbons (Fsp3) is 0.714. The van der Waals surface area contributed by atoms with Crippen molar-refractivity contribution in [1.29, 1.82) is 0 Å². The zero-order valence-corrected chi connectivity index (χ0v) is 15.2. The number of ether oxygens (including phenoxy) is 1. The van der Waals surface area contributed by atoms with Crippen molar-refractivity contribution in [2.75, 3.05) is 18.0 Å². The minimum atomic E-state index is -4.49. The molecule has 0 saturated carbocycles. The van der Waals surface area contributed by atoms with Gasteiger partial charge in [0, 0.05) is 13.1 Å².